The van der Waals surface area contributed by atoms with Crippen molar-refractivity contribution in [2.45, 2.75) is 37.0 Å². The van der Waals surface area contributed by atoms with Crippen LogP contribution in [0.1, 0.15) is 42.5 Å². The maximum atomic E-state index is 12.0. The van der Waals surface area contributed by atoms with Crippen LogP contribution in [0.15, 0.2) is 23.1 Å². The third kappa shape index (κ3) is 5.98. The number of primary sulfonamides is 1. The summed E-state index contributed by atoms with van der Waals surface area (Å²) in [6, 6.07) is 3.45. The van der Waals surface area contributed by atoms with E-state index in [1.54, 1.807) is 0 Å². The summed E-state index contributed by atoms with van der Waals surface area (Å²) in [7, 11) is -3.97. The van der Waals surface area contributed by atoms with E-state index in [2.05, 4.69) is 5.32 Å². The van der Waals surface area contributed by atoms with Crippen molar-refractivity contribution in [3.8, 4) is 0 Å². The molecule has 0 heterocycles. The lowest BCUT2D eigenvalue weighted by Crippen LogP contribution is -2.33. The minimum Gasteiger partial charge on any atom is -0.452 e. The van der Waals surface area contributed by atoms with E-state index in [1.165, 1.54) is 31.4 Å². The number of halogens is 1. The van der Waals surface area contributed by atoms with Gasteiger partial charge in [0.05, 0.1) is 15.5 Å². The van der Waals surface area contributed by atoms with Gasteiger partial charge in [-0.15, -0.1) is 0 Å². The normalized spacial score (nSPS) is 15.6. The third-order valence-electron chi connectivity index (χ3n) is 4.13. The molecule has 0 aliphatic heterocycles. The van der Waals surface area contributed by atoms with Crippen LogP contribution in [-0.2, 0) is 19.6 Å². The molecule has 0 spiro atoms. The number of sulfonamides is 1. The smallest absolute Gasteiger partial charge is 0.340 e. The zero-order valence-electron chi connectivity index (χ0n) is 13.7. The lowest BCUT2D eigenvalue weighted by atomic mass is 9.89. The molecule has 2 rings (SSSR count). The summed E-state index contributed by atoms with van der Waals surface area (Å²) < 4.78 is 27.6. The van der Waals surface area contributed by atoms with E-state index < -0.39 is 28.5 Å². The number of esters is 1. The maximum Gasteiger partial charge on any atom is 0.340 e. The summed E-state index contributed by atoms with van der Waals surface area (Å²) in [6.45, 7) is 0.111. The van der Waals surface area contributed by atoms with Crippen LogP contribution in [0.3, 0.4) is 0 Å². The van der Waals surface area contributed by atoms with Gasteiger partial charge in [-0.25, -0.2) is 18.4 Å². The van der Waals surface area contributed by atoms with E-state index in [4.69, 9.17) is 21.5 Å². The molecule has 3 N–H and O–H groups in total. The summed E-state index contributed by atoms with van der Waals surface area (Å²) in [5.41, 5.74) is -0.159. The monoisotopic (exact) mass is 388 g/mol. The molecule has 9 heteroatoms. The first-order valence-electron chi connectivity index (χ1n) is 8.03. The standard InChI is InChI=1S/C16H21ClN2O5S/c17-14-7-6-12(25(18,22)23)8-13(14)16(21)24-10-15(20)19-9-11-4-2-1-3-5-11/h6-8,11H,1-5,9-10H2,(H,19,20)(H2,18,22,23). The topological polar surface area (TPSA) is 116 Å². The van der Waals surface area contributed by atoms with Crippen LogP contribution in [0, 0.1) is 5.92 Å². The molecule has 1 aliphatic rings. The first-order chi connectivity index (χ1) is 11.8. The molecule has 1 aromatic carbocycles. The van der Waals surface area contributed by atoms with Gasteiger partial charge in [-0.1, -0.05) is 30.9 Å². The Kier molecular flexibility index (Phi) is 6.80. The van der Waals surface area contributed by atoms with Crippen LogP contribution in [0.2, 0.25) is 5.02 Å². The lowest BCUT2D eigenvalue weighted by molar-refractivity contribution is -0.124. The highest BCUT2D eigenvalue weighted by Gasteiger charge is 2.19. The van der Waals surface area contributed by atoms with Gasteiger partial charge in [-0.05, 0) is 37.0 Å². The van der Waals surface area contributed by atoms with Gasteiger partial charge < -0.3 is 10.1 Å². The maximum absolute atomic E-state index is 12.0. The second-order valence-corrected chi connectivity index (χ2v) is 8.04. The first kappa shape index (κ1) is 19.7. The Hall–Kier alpha value is -1.64. The van der Waals surface area contributed by atoms with Gasteiger partial charge in [-0.2, -0.15) is 0 Å². The Morgan fingerprint density at radius 1 is 1.24 bits per heavy atom. The fourth-order valence-electron chi connectivity index (χ4n) is 2.75. The molecule has 1 aliphatic carbocycles. The average molecular weight is 389 g/mol. The van der Waals surface area contributed by atoms with Crippen LogP contribution >= 0.6 is 11.6 Å². The molecule has 25 heavy (non-hydrogen) atoms. The van der Waals surface area contributed by atoms with Gasteiger partial charge in [0.2, 0.25) is 10.0 Å². The number of benzene rings is 1. The average Bonchev–Trinajstić information content (AvgIpc) is 2.58. The SMILES string of the molecule is NS(=O)(=O)c1ccc(Cl)c(C(=O)OCC(=O)NCC2CCCCC2)c1. The van der Waals surface area contributed by atoms with E-state index in [0.29, 0.717) is 12.5 Å². The summed E-state index contributed by atoms with van der Waals surface area (Å²) >= 11 is 5.88. The number of carbonyl (C=O) groups excluding carboxylic acids is 2. The highest BCUT2D eigenvalue weighted by molar-refractivity contribution is 7.89. The Morgan fingerprint density at radius 2 is 1.92 bits per heavy atom. The molecule has 0 saturated heterocycles. The second-order valence-electron chi connectivity index (χ2n) is 6.07. The van der Waals surface area contributed by atoms with E-state index in [0.717, 1.165) is 18.9 Å². The highest BCUT2D eigenvalue weighted by atomic mass is 35.5. The molecule has 1 aromatic rings. The predicted octanol–water partition coefficient (Wildman–Crippen LogP) is 1.84. The van der Waals surface area contributed by atoms with E-state index in [1.807, 2.05) is 0 Å². The molecule has 0 bridgehead atoms. The van der Waals surface area contributed by atoms with Gasteiger partial charge in [0.1, 0.15) is 0 Å². The Morgan fingerprint density at radius 3 is 2.56 bits per heavy atom. The summed E-state index contributed by atoms with van der Waals surface area (Å²) in [5.74, 6) is -0.824. The van der Waals surface area contributed by atoms with Crippen LogP contribution < -0.4 is 10.5 Å². The van der Waals surface area contributed by atoms with Crippen LogP contribution in [0.5, 0.6) is 0 Å². The van der Waals surface area contributed by atoms with Gasteiger partial charge in [-0.3, -0.25) is 4.79 Å². The van der Waals surface area contributed by atoms with E-state index in [9.17, 15) is 18.0 Å². The molecule has 1 fully saturated rings. The van der Waals surface area contributed by atoms with Crippen molar-refractivity contribution >= 4 is 33.5 Å². The quantitative estimate of drug-likeness (QED) is 0.721. The van der Waals surface area contributed by atoms with Crippen LogP contribution in [-0.4, -0.2) is 33.4 Å². The van der Waals surface area contributed by atoms with Gasteiger partial charge in [0.15, 0.2) is 6.61 Å². The number of ether oxygens (including phenoxy) is 1. The fourth-order valence-corrected chi connectivity index (χ4v) is 3.48. The Bertz CT molecular complexity index is 745. The third-order valence-corrected chi connectivity index (χ3v) is 5.37. The van der Waals surface area contributed by atoms with Crippen molar-refractivity contribution in [3.05, 3.63) is 28.8 Å². The van der Waals surface area contributed by atoms with Crippen molar-refractivity contribution in [3.63, 3.8) is 0 Å². The van der Waals surface area contributed by atoms with Crippen molar-refractivity contribution in [2.75, 3.05) is 13.2 Å². The summed E-state index contributed by atoms with van der Waals surface area (Å²) in [5, 5.41) is 7.78. The van der Waals surface area contributed by atoms with Crippen molar-refractivity contribution in [1.82, 2.24) is 5.32 Å². The van der Waals surface area contributed by atoms with Gasteiger partial charge in [0, 0.05) is 6.54 Å². The Labute approximate surface area is 151 Å². The molecule has 0 aromatic heterocycles. The van der Waals surface area contributed by atoms with Crippen molar-refractivity contribution < 1.29 is 22.7 Å². The van der Waals surface area contributed by atoms with E-state index >= 15 is 0 Å². The molecular weight excluding hydrogens is 368 g/mol. The van der Waals surface area contributed by atoms with Crippen molar-refractivity contribution in [1.29, 1.82) is 0 Å². The Balaban J connectivity index is 1.88. The molecule has 7 nitrogen and oxygen atoms in total. The summed E-state index contributed by atoms with van der Waals surface area (Å²) in [4.78, 5) is 23.6. The first-order valence-corrected chi connectivity index (χ1v) is 9.96. The lowest BCUT2D eigenvalue weighted by Gasteiger charge is -2.21. The summed E-state index contributed by atoms with van der Waals surface area (Å²) in [6.07, 6.45) is 5.77. The molecule has 0 unspecified atom stereocenters. The van der Waals surface area contributed by atoms with Gasteiger partial charge in [0.25, 0.3) is 5.91 Å². The molecule has 1 amide bonds. The molecule has 1 saturated carbocycles. The number of hydrogen-bond acceptors (Lipinski definition) is 5. The van der Waals surface area contributed by atoms with E-state index in [-0.39, 0.29) is 15.5 Å². The predicted molar refractivity (Wildman–Crippen MR) is 92.7 cm³/mol. The number of amides is 1. The number of nitrogens with one attached hydrogen (secondary N) is 1. The zero-order chi connectivity index (χ0) is 18.4. The minimum atomic E-state index is -3.97. The van der Waals surface area contributed by atoms with Crippen LogP contribution in [0.4, 0.5) is 0 Å². The van der Waals surface area contributed by atoms with Gasteiger partial charge >= 0.3 is 5.97 Å². The second kappa shape index (κ2) is 8.64. The molecule has 0 atom stereocenters. The molecule has 0 radical (unpaired) electrons. The number of hydrogen-bond donors (Lipinski definition) is 2. The fraction of sp³-hybridized carbons (Fsp3) is 0.500. The zero-order valence-corrected chi connectivity index (χ0v) is 15.2. The molecule has 138 valence electrons. The van der Waals surface area contributed by atoms with Crippen LogP contribution in [0.25, 0.3) is 0 Å². The molecular formula is C16H21ClN2O5S. The van der Waals surface area contributed by atoms with Crippen molar-refractivity contribution in [2.24, 2.45) is 11.1 Å². The number of rotatable bonds is 6. The number of nitrogens with two attached hydrogens (primary N) is 1. The number of carbonyl (C=O) groups is 2. The largest absolute Gasteiger partial charge is 0.452 e. The minimum absolute atomic E-state index is 0.0139. The highest BCUT2D eigenvalue weighted by Crippen LogP contribution is 2.23.